The minimum atomic E-state index is -0.918. The molecule has 1 aliphatic heterocycles. The number of nitrogens with zero attached hydrogens (tertiary/aromatic N) is 2. The van der Waals surface area contributed by atoms with Crippen molar-refractivity contribution in [2.75, 3.05) is 25.2 Å². The van der Waals surface area contributed by atoms with Crippen molar-refractivity contribution in [1.29, 1.82) is 0 Å². The summed E-state index contributed by atoms with van der Waals surface area (Å²) in [5.41, 5.74) is 2.47. The Bertz CT molecular complexity index is 482. The molecule has 2 rings (SSSR count). The van der Waals surface area contributed by atoms with Gasteiger partial charge in [0, 0.05) is 32.0 Å². The first-order valence-corrected chi connectivity index (χ1v) is 6.53. The molecular formula is C14H20N2O3. The first kappa shape index (κ1) is 13.8. The van der Waals surface area contributed by atoms with Crippen molar-refractivity contribution in [3.8, 4) is 0 Å². The number of anilines is 1. The lowest BCUT2D eigenvalue weighted by Gasteiger charge is -2.34. The maximum Gasteiger partial charge on any atom is 0.339 e. The van der Waals surface area contributed by atoms with E-state index in [-0.39, 0.29) is 0 Å². The number of rotatable bonds is 3. The van der Waals surface area contributed by atoms with Gasteiger partial charge in [0.05, 0.1) is 11.4 Å². The maximum atomic E-state index is 11.4. The van der Waals surface area contributed by atoms with Gasteiger partial charge in [-0.3, -0.25) is 4.98 Å². The summed E-state index contributed by atoms with van der Waals surface area (Å²) in [5.74, 6) is -0.918. The summed E-state index contributed by atoms with van der Waals surface area (Å²) in [6, 6.07) is 2.18. The molecule has 0 aliphatic carbocycles. The molecule has 0 spiro atoms. The van der Waals surface area contributed by atoms with E-state index in [0.29, 0.717) is 17.3 Å². The van der Waals surface area contributed by atoms with Gasteiger partial charge >= 0.3 is 5.97 Å². The Morgan fingerprint density at radius 3 is 2.63 bits per heavy atom. The number of aromatic nitrogens is 1. The maximum absolute atomic E-state index is 11.4. The van der Waals surface area contributed by atoms with E-state index in [1.54, 1.807) is 6.92 Å². The molecule has 0 aromatic carbocycles. The van der Waals surface area contributed by atoms with Gasteiger partial charge < -0.3 is 14.7 Å². The van der Waals surface area contributed by atoms with Gasteiger partial charge in [0.25, 0.3) is 0 Å². The van der Waals surface area contributed by atoms with Gasteiger partial charge in [-0.25, -0.2) is 4.79 Å². The van der Waals surface area contributed by atoms with Crippen LogP contribution in [0, 0.1) is 13.8 Å². The average Bonchev–Trinajstić information content (AvgIpc) is 2.37. The number of carbonyl (C=O) groups is 1. The molecule has 0 radical (unpaired) electrons. The topological polar surface area (TPSA) is 62.7 Å². The highest BCUT2D eigenvalue weighted by Gasteiger charge is 2.24. The summed E-state index contributed by atoms with van der Waals surface area (Å²) < 4.78 is 5.36. The third-order valence-electron chi connectivity index (χ3n) is 3.64. The molecule has 1 aromatic heterocycles. The van der Waals surface area contributed by atoms with Crippen LogP contribution in [0.2, 0.25) is 0 Å². The Labute approximate surface area is 113 Å². The zero-order valence-corrected chi connectivity index (χ0v) is 11.6. The molecule has 0 amide bonds. The number of carboxylic acid groups (broad SMARTS) is 1. The van der Waals surface area contributed by atoms with E-state index in [1.165, 1.54) is 0 Å². The van der Waals surface area contributed by atoms with Crippen molar-refractivity contribution in [2.24, 2.45) is 0 Å². The fraction of sp³-hybridized carbons (Fsp3) is 0.571. The lowest BCUT2D eigenvalue weighted by Crippen LogP contribution is -2.37. The minimum Gasteiger partial charge on any atom is -0.478 e. The van der Waals surface area contributed by atoms with Crippen LogP contribution in [0.1, 0.15) is 34.6 Å². The molecule has 5 nitrogen and oxygen atoms in total. The van der Waals surface area contributed by atoms with E-state index in [1.807, 2.05) is 20.0 Å². The van der Waals surface area contributed by atoms with E-state index in [2.05, 4.69) is 9.88 Å². The third kappa shape index (κ3) is 2.87. The lowest BCUT2D eigenvalue weighted by molar-refractivity contribution is 0.0695. The van der Waals surface area contributed by atoms with Crippen LogP contribution in [-0.4, -0.2) is 42.4 Å². The fourth-order valence-corrected chi connectivity index (χ4v) is 2.62. The van der Waals surface area contributed by atoms with Gasteiger partial charge in [-0.1, -0.05) is 0 Å². The Morgan fingerprint density at radius 1 is 1.42 bits per heavy atom. The number of hydrogen-bond donors (Lipinski definition) is 1. The van der Waals surface area contributed by atoms with Crippen LogP contribution in [-0.2, 0) is 4.74 Å². The quantitative estimate of drug-likeness (QED) is 0.904. The zero-order valence-electron chi connectivity index (χ0n) is 11.6. The van der Waals surface area contributed by atoms with Crippen molar-refractivity contribution in [3.63, 3.8) is 0 Å². The van der Waals surface area contributed by atoms with Crippen molar-refractivity contribution in [1.82, 2.24) is 4.98 Å². The second-order valence-electron chi connectivity index (χ2n) is 5.00. The van der Waals surface area contributed by atoms with Crippen molar-refractivity contribution in [3.05, 3.63) is 23.0 Å². The predicted octanol–water partition coefficient (Wildman–Crippen LogP) is 2.01. The second kappa shape index (κ2) is 5.57. The van der Waals surface area contributed by atoms with E-state index in [9.17, 15) is 9.90 Å². The van der Waals surface area contributed by atoms with Gasteiger partial charge in [0.2, 0.25) is 0 Å². The highest BCUT2D eigenvalue weighted by Crippen LogP contribution is 2.27. The normalized spacial score (nSPS) is 16.4. The molecule has 0 saturated carbocycles. The molecule has 0 unspecified atom stereocenters. The van der Waals surface area contributed by atoms with Crippen molar-refractivity contribution >= 4 is 11.7 Å². The molecule has 1 fully saturated rings. The van der Waals surface area contributed by atoms with Gasteiger partial charge in [0.15, 0.2) is 0 Å². The first-order valence-electron chi connectivity index (χ1n) is 6.53. The Hall–Kier alpha value is -1.62. The van der Waals surface area contributed by atoms with E-state index in [4.69, 9.17) is 4.74 Å². The van der Waals surface area contributed by atoms with Gasteiger partial charge in [0.1, 0.15) is 5.56 Å². The summed E-state index contributed by atoms with van der Waals surface area (Å²) in [5, 5.41) is 9.39. The van der Waals surface area contributed by atoms with Crippen molar-refractivity contribution < 1.29 is 14.6 Å². The predicted molar refractivity (Wildman–Crippen MR) is 72.9 cm³/mol. The van der Waals surface area contributed by atoms with Crippen LogP contribution in [0.3, 0.4) is 0 Å². The van der Waals surface area contributed by atoms with Crippen molar-refractivity contribution in [2.45, 2.75) is 32.7 Å². The Kier molecular flexibility index (Phi) is 4.04. The van der Waals surface area contributed by atoms with Gasteiger partial charge in [-0.2, -0.15) is 0 Å². The summed E-state index contributed by atoms with van der Waals surface area (Å²) in [6.45, 7) is 5.11. The summed E-state index contributed by atoms with van der Waals surface area (Å²) in [7, 11) is 1.96. The number of aryl methyl sites for hydroxylation is 2. The number of pyridine rings is 1. The van der Waals surface area contributed by atoms with Crippen LogP contribution in [0.4, 0.5) is 5.69 Å². The summed E-state index contributed by atoms with van der Waals surface area (Å²) in [4.78, 5) is 17.8. The highest BCUT2D eigenvalue weighted by molar-refractivity contribution is 5.95. The van der Waals surface area contributed by atoms with Crippen LogP contribution in [0.15, 0.2) is 6.07 Å². The number of aromatic carboxylic acids is 1. The molecule has 1 saturated heterocycles. The Balaban J connectivity index is 2.39. The molecule has 19 heavy (non-hydrogen) atoms. The van der Waals surface area contributed by atoms with Gasteiger partial charge in [-0.05, 0) is 32.8 Å². The van der Waals surface area contributed by atoms with Crippen LogP contribution < -0.4 is 4.90 Å². The average molecular weight is 264 g/mol. The summed E-state index contributed by atoms with van der Waals surface area (Å²) >= 11 is 0. The SMILES string of the molecule is Cc1cc(N(C)C2CCOCC2)c(C(=O)O)c(C)n1. The minimum absolute atomic E-state index is 0.305. The molecule has 2 heterocycles. The van der Waals surface area contributed by atoms with Crippen LogP contribution in [0.25, 0.3) is 0 Å². The fourth-order valence-electron chi connectivity index (χ4n) is 2.62. The van der Waals surface area contributed by atoms with E-state index < -0.39 is 5.97 Å². The Morgan fingerprint density at radius 2 is 2.05 bits per heavy atom. The number of carboxylic acids is 1. The molecule has 104 valence electrons. The number of hydrogen-bond acceptors (Lipinski definition) is 4. The number of ether oxygens (including phenoxy) is 1. The summed E-state index contributed by atoms with van der Waals surface area (Å²) in [6.07, 6.45) is 1.85. The molecule has 0 bridgehead atoms. The lowest BCUT2D eigenvalue weighted by atomic mass is 10.0. The second-order valence-corrected chi connectivity index (χ2v) is 5.00. The first-order chi connectivity index (χ1) is 9.00. The van der Waals surface area contributed by atoms with E-state index >= 15 is 0 Å². The molecule has 0 atom stereocenters. The largest absolute Gasteiger partial charge is 0.478 e. The zero-order chi connectivity index (χ0) is 14.0. The molecule has 1 N–H and O–H groups in total. The standard InChI is InChI=1S/C14H20N2O3/c1-9-8-12(13(14(17)18)10(2)15-9)16(3)11-4-6-19-7-5-11/h8,11H,4-7H2,1-3H3,(H,17,18). The smallest absolute Gasteiger partial charge is 0.339 e. The highest BCUT2D eigenvalue weighted by atomic mass is 16.5. The third-order valence-corrected chi connectivity index (χ3v) is 3.64. The molecule has 1 aromatic rings. The molecular weight excluding hydrogens is 244 g/mol. The molecule has 5 heteroatoms. The van der Waals surface area contributed by atoms with E-state index in [0.717, 1.165) is 37.4 Å². The molecule has 1 aliphatic rings. The van der Waals surface area contributed by atoms with Crippen LogP contribution >= 0.6 is 0 Å². The monoisotopic (exact) mass is 264 g/mol. The van der Waals surface area contributed by atoms with Crippen LogP contribution in [0.5, 0.6) is 0 Å². The van der Waals surface area contributed by atoms with Gasteiger partial charge in [-0.15, -0.1) is 0 Å².